The molecule has 1 saturated carbocycles. The third-order valence-electron chi connectivity index (χ3n) is 5.80. The molecular weight excluding hydrogens is 379 g/mol. The highest BCUT2D eigenvalue weighted by Gasteiger charge is 2.31. The summed E-state index contributed by atoms with van der Waals surface area (Å²) in [5, 5.41) is 12.8. The Labute approximate surface area is 164 Å². The largest absolute Gasteiger partial charge is 0.477 e. The first-order chi connectivity index (χ1) is 13.4. The zero-order chi connectivity index (χ0) is 19.7. The van der Waals surface area contributed by atoms with Gasteiger partial charge >= 0.3 is 5.97 Å². The molecule has 28 heavy (non-hydrogen) atoms. The van der Waals surface area contributed by atoms with E-state index in [4.69, 9.17) is 0 Å². The quantitative estimate of drug-likeness (QED) is 0.693. The molecule has 5 rings (SSSR count). The maximum atomic E-state index is 15.2. The number of aryl methyl sites for hydroxylation is 1. The Morgan fingerprint density at radius 1 is 1.36 bits per heavy atom. The van der Waals surface area contributed by atoms with E-state index < -0.39 is 17.3 Å². The fourth-order valence-electron chi connectivity index (χ4n) is 4.24. The molecule has 0 spiro atoms. The lowest BCUT2D eigenvalue weighted by molar-refractivity contribution is 0.0694. The smallest absolute Gasteiger partial charge is 0.341 e. The monoisotopic (exact) mass is 398 g/mol. The summed E-state index contributed by atoms with van der Waals surface area (Å²) in [6.45, 7) is 4.69. The van der Waals surface area contributed by atoms with E-state index in [1.807, 2.05) is 13.0 Å². The van der Waals surface area contributed by atoms with Crippen molar-refractivity contribution in [2.24, 2.45) is 0 Å². The number of thiophene rings is 1. The second-order valence-corrected chi connectivity index (χ2v) is 8.78. The van der Waals surface area contributed by atoms with Gasteiger partial charge < -0.3 is 10.4 Å². The van der Waals surface area contributed by atoms with Gasteiger partial charge in [-0.05, 0) is 61.4 Å². The highest BCUT2D eigenvalue weighted by molar-refractivity contribution is 7.15. The van der Waals surface area contributed by atoms with Crippen LogP contribution in [0.1, 0.15) is 63.7 Å². The van der Waals surface area contributed by atoms with E-state index in [0.717, 1.165) is 36.0 Å². The van der Waals surface area contributed by atoms with Gasteiger partial charge in [0.25, 0.3) is 5.56 Å². The van der Waals surface area contributed by atoms with Crippen molar-refractivity contribution in [2.45, 2.75) is 45.2 Å². The molecular formula is C21H19FN2O3S. The van der Waals surface area contributed by atoms with Crippen molar-refractivity contribution < 1.29 is 14.3 Å². The van der Waals surface area contributed by atoms with Gasteiger partial charge in [-0.1, -0.05) is 0 Å². The number of hydrogen-bond acceptors (Lipinski definition) is 4. The molecule has 2 N–H and O–H groups in total. The Hall–Kier alpha value is -2.51. The molecule has 7 heteroatoms. The van der Waals surface area contributed by atoms with Crippen LogP contribution in [0.4, 0.5) is 4.39 Å². The molecule has 0 amide bonds. The Kier molecular flexibility index (Phi) is 3.76. The highest BCUT2D eigenvalue weighted by atomic mass is 32.1. The number of fused-ring (bicyclic) bond motifs is 2. The number of nitrogens with one attached hydrogen (secondary N) is 1. The molecule has 0 saturated heterocycles. The fourth-order valence-corrected chi connectivity index (χ4v) is 5.55. The van der Waals surface area contributed by atoms with E-state index in [9.17, 15) is 14.7 Å². The van der Waals surface area contributed by atoms with E-state index in [-0.39, 0.29) is 17.5 Å². The average Bonchev–Trinajstić information content (AvgIpc) is 3.31. The third-order valence-corrected chi connectivity index (χ3v) is 7.18. The molecule has 1 unspecified atom stereocenters. The molecule has 1 aliphatic carbocycles. The summed E-state index contributed by atoms with van der Waals surface area (Å²) in [6.07, 6.45) is 3.07. The molecule has 0 radical (unpaired) electrons. The zero-order valence-electron chi connectivity index (χ0n) is 15.5. The number of pyridine rings is 2. The summed E-state index contributed by atoms with van der Waals surface area (Å²) in [7, 11) is 0. The topological polar surface area (TPSA) is 70.8 Å². The minimum atomic E-state index is -1.28. The standard InChI is InChI=1S/C21H19FN2O3S/c1-9-17(16-5-12-7-23-10(2)19(12)28-16)15(22)8-24-18(9)13(11-3-4-11)6-14(20(24)25)21(26)27/h5-6,8,10-11,23H,3-4,7H2,1-2H3,(H,26,27). The van der Waals surface area contributed by atoms with Crippen molar-refractivity contribution in [1.82, 2.24) is 9.72 Å². The van der Waals surface area contributed by atoms with E-state index in [0.29, 0.717) is 16.6 Å². The summed E-state index contributed by atoms with van der Waals surface area (Å²) in [5.74, 6) is -1.56. The Bertz CT molecular complexity index is 1220. The average molecular weight is 398 g/mol. The van der Waals surface area contributed by atoms with Gasteiger partial charge in [-0.3, -0.25) is 9.20 Å². The lowest BCUT2D eigenvalue weighted by Crippen LogP contribution is -2.24. The molecule has 144 valence electrons. The Morgan fingerprint density at radius 2 is 2.11 bits per heavy atom. The molecule has 0 aromatic carbocycles. The number of nitrogens with zero attached hydrogens (tertiary/aromatic N) is 1. The number of carboxylic acids is 1. The number of rotatable bonds is 3. The first-order valence-corrected chi connectivity index (χ1v) is 10.2. The molecule has 1 aliphatic heterocycles. The zero-order valence-corrected chi connectivity index (χ0v) is 16.3. The normalized spacial score (nSPS) is 18.6. The lowest BCUT2D eigenvalue weighted by atomic mass is 9.99. The number of hydrogen-bond donors (Lipinski definition) is 2. The maximum Gasteiger partial charge on any atom is 0.341 e. The molecule has 3 aromatic heterocycles. The van der Waals surface area contributed by atoms with E-state index in [1.54, 1.807) is 11.3 Å². The van der Waals surface area contributed by atoms with Crippen molar-refractivity contribution in [3.05, 3.63) is 61.6 Å². The second kappa shape index (κ2) is 5.99. The summed E-state index contributed by atoms with van der Waals surface area (Å²) in [6, 6.07) is 3.77. The molecule has 3 aromatic rings. The highest BCUT2D eigenvalue weighted by Crippen LogP contribution is 2.45. The van der Waals surface area contributed by atoms with Gasteiger partial charge in [-0.15, -0.1) is 11.3 Å². The van der Waals surface area contributed by atoms with Gasteiger partial charge in [-0.2, -0.15) is 0 Å². The van der Waals surface area contributed by atoms with Gasteiger partial charge in [0.2, 0.25) is 0 Å². The lowest BCUT2D eigenvalue weighted by Gasteiger charge is -2.15. The van der Waals surface area contributed by atoms with E-state index >= 15 is 4.39 Å². The van der Waals surface area contributed by atoms with Crippen LogP contribution in [0, 0.1) is 12.7 Å². The van der Waals surface area contributed by atoms with Crippen molar-refractivity contribution in [3.8, 4) is 10.4 Å². The van der Waals surface area contributed by atoms with Crippen LogP contribution in [-0.2, 0) is 6.54 Å². The Balaban J connectivity index is 1.82. The minimum absolute atomic E-state index is 0.225. The predicted molar refractivity (Wildman–Crippen MR) is 106 cm³/mol. The number of halogens is 1. The summed E-state index contributed by atoms with van der Waals surface area (Å²) in [5.41, 5.74) is 2.87. The van der Waals surface area contributed by atoms with Crippen LogP contribution < -0.4 is 10.9 Å². The van der Waals surface area contributed by atoms with Crippen LogP contribution in [0.3, 0.4) is 0 Å². The van der Waals surface area contributed by atoms with Gasteiger partial charge in [0.1, 0.15) is 11.4 Å². The van der Waals surface area contributed by atoms with Crippen LogP contribution in [0.2, 0.25) is 0 Å². The number of carbonyl (C=O) groups is 1. The van der Waals surface area contributed by atoms with Crippen LogP contribution in [0.15, 0.2) is 23.1 Å². The van der Waals surface area contributed by atoms with Crippen molar-refractivity contribution >= 4 is 22.8 Å². The van der Waals surface area contributed by atoms with Crippen LogP contribution >= 0.6 is 11.3 Å². The minimum Gasteiger partial charge on any atom is -0.477 e. The summed E-state index contributed by atoms with van der Waals surface area (Å²) in [4.78, 5) is 26.3. The SMILES string of the molecule is Cc1c(-c2cc3c(s2)C(C)NC3)c(F)cn2c(=O)c(C(=O)O)cc(C3CC3)c12. The van der Waals surface area contributed by atoms with Gasteiger partial charge in [0.05, 0.1) is 5.52 Å². The summed E-state index contributed by atoms with van der Waals surface area (Å²) < 4.78 is 16.4. The van der Waals surface area contributed by atoms with Gasteiger partial charge in [0, 0.05) is 34.1 Å². The third kappa shape index (κ3) is 2.46. The number of aromatic nitrogens is 1. The van der Waals surface area contributed by atoms with Crippen LogP contribution in [-0.4, -0.2) is 15.5 Å². The van der Waals surface area contributed by atoms with Gasteiger partial charge in [-0.25, -0.2) is 9.18 Å². The predicted octanol–water partition coefficient (Wildman–Crippen LogP) is 4.22. The maximum absolute atomic E-state index is 15.2. The molecule has 1 fully saturated rings. The van der Waals surface area contributed by atoms with Crippen LogP contribution in [0.5, 0.6) is 0 Å². The van der Waals surface area contributed by atoms with Crippen molar-refractivity contribution in [2.75, 3.05) is 0 Å². The van der Waals surface area contributed by atoms with Crippen molar-refractivity contribution in [1.29, 1.82) is 0 Å². The van der Waals surface area contributed by atoms with Gasteiger partial charge in [0.15, 0.2) is 0 Å². The van der Waals surface area contributed by atoms with E-state index in [2.05, 4.69) is 12.2 Å². The van der Waals surface area contributed by atoms with Crippen molar-refractivity contribution in [3.63, 3.8) is 0 Å². The first kappa shape index (κ1) is 17.6. The molecule has 2 aliphatic rings. The second-order valence-electron chi connectivity index (χ2n) is 7.70. The summed E-state index contributed by atoms with van der Waals surface area (Å²) >= 11 is 1.58. The Morgan fingerprint density at radius 3 is 2.75 bits per heavy atom. The number of aromatic carboxylic acids is 1. The fraction of sp³-hybridized carbons (Fsp3) is 0.333. The first-order valence-electron chi connectivity index (χ1n) is 9.34. The molecule has 0 bridgehead atoms. The molecule has 4 heterocycles. The number of carboxylic acid groups (broad SMARTS) is 1. The van der Waals surface area contributed by atoms with Crippen LogP contribution in [0.25, 0.3) is 16.0 Å². The molecule has 1 atom stereocenters. The molecule has 5 nitrogen and oxygen atoms in total. The van der Waals surface area contributed by atoms with E-state index in [1.165, 1.54) is 20.9 Å².